The Morgan fingerprint density at radius 3 is 2.64 bits per heavy atom. The van der Waals surface area contributed by atoms with Gasteiger partial charge in [-0.1, -0.05) is 67.3 Å². The Bertz CT molecular complexity index is 1110. The van der Waals surface area contributed by atoms with Crippen molar-refractivity contribution >= 4 is 17.5 Å². The predicted molar refractivity (Wildman–Crippen MR) is 141 cm³/mol. The van der Waals surface area contributed by atoms with Crippen molar-refractivity contribution in [1.29, 1.82) is 0 Å². The number of pyridine rings is 1. The monoisotopic (exact) mass is 509 g/mol. The Morgan fingerprint density at radius 2 is 1.83 bits per heavy atom. The molecule has 1 amide bonds. The number of likely N-dealkylation sites (tertiary alicyclic amines) is 1. The molecule has 1 saturated carbocycles. The minimum Gasteiger partial charge on any atom is -0.337 e. The molecule has 1 aromatic heterocycles. The SMILES string of the molecule is O=C(N1CC[C@@H](c2ccccc2)C[C@H]1C1CCCCC1)C1(F)CNC[C@]12CCCc1nc(Cl)ccc12. The number of carbonyl (C=O) groups excluding carboxylic acids is 1. The van der Waals surface area contributed by atoms with Crippen molar-refractivity contribution < 1.29 is 9.18 Å². The van der Waals surface area contributed by atoms with Crippen LogP contribution in [-0.4, -0.2) is 47.1 Å². The van der Waals surface area contributed by atoms with Crippen LogP contribution in [0.3, 0.4) is 0 Å². The third kappa shape index (κ3) is 3.98. The van der Waals surface area contributed by atoms with Gasteiger partial charge in [0.25, 0.3) is 5.91 Å². The van der Waals surface area contributed by atoms with E-state index < -0.39 is 11.1 Å². The molecule has 6 heteroatoms. The second kappa shape index (κ2) is 9.72. The van der Waals surface area contributed by atoms with E-state index in [0.717, 1.165) is 49.8 Å². The zero-order valence-corrected chi connectivity index (χ0v) is 21.8. The summed E-state index contributed by atoms with van der Waals surface area (Å²) < 4.78 is 17.5. The van der Waals surface area contributed by atoms with Crippen LogP contribution in [0.4, 0.5) is 4.39 Å². The summed E-state index contributed by atoms with van der Waals surface area (Å²) in [6.45, 7) is 1.18. The number of nitrogens with one attached hydrogen (secondary N) is 1. The van der Waals surface area contributed by atoms with E-state index in [0.29, 0.717) is 36.5 Å². The minimum atomic E-state index is -1.97. The molecule has 1 N–H and O–H groups in total. The molecule has 1 aromatic carbocycles. The van der Waals surface area contributed by atoms with Crippen molar-refractivity contribution in [2.45, 2.75) is 87.3 Å². The van der Waals surface area contributed by atoms with E-state index in [1.165, 1.54) is 24.8 Å². The maximum atomic E-state index is 17.5. The zero-order valence-electron chi connectivity index (χ0n) is 21.0. The summed E-state index contributed by atoms with van der Waals surface area (Å²) in [6, 6.07) is 14.5. The molecule has 1 spiro atoms. The van der Waals surface area contributed by atoms with Gasteiger partial charge in [0.2, 0.25) is 5.67 Å². The molecule has 192 valence electrons. The Morgan fingerprint density at radius 1 is 1.03 bits per heavy atom. The zero-order chi connectivity index (χ0) is 24.8. The van der Waals surface area contributed by atoms with Crippen molar-refractivity contribution in [2.75, 3.05) is 19.6 Å². The number of rotatable bonds is 3. The largest absolute Gasteiger partial charge is 0.337 e. The average Bonchev–Trinajstić information content (AvgIpc) is 3.25. The lowest BCUT2D eigenvalue weighted by atomic mass is 9.63. The molecule has 0 radical (unpaired) electrons. The third-order valence-corrected chi connectivity index (χ3v) is 9.95. The number of nitrogens with zero attached hydrogens (tertiary/aromatic N) is 2. The standard InChI is InChI=1S/C30H37ClFN3O/c31-27-14-13-24-25(34-27)12-7-16-29(24)19-33-20-30(29,32)28(36)35-17-15-23(21-8-3-1-4-9-21)18-26(35)22-10-5-2-6-11-22/h1,3-4,8-9,13-14,22-23,26,33H,2,5-7,10-12,15-20H2/t23-,26+,29+,30?/m1/s1. The third-order valence-electron chi connectivity index (χ3n) is 9.74. The van der Waals surface area contributed by atoms with E-state index in [4.69, 9.17) is 11.6 Å². The van der Waals surface area contributed by atoms with Crippen LogP contribution in [0.15, 0.2) is 42.5 Å². The maximum absolute atomic E-state index is 17.5. The van der Waals surface area contributed by atoms with Gasteiger partial charge < -0.3 is 10.2 Å². The Labute approximate surface area is 219 Å². The number of carbonyl (C=O) groups is 1. The van der Waals surface area contributed by atoms with Crippen LogP contribution in [0, 0.1) is 5.92 Å². The van der Waals surface area contributed by atoms with Crippen LogP contribution in [0.1, 0.15) is 80.5 Å². The van der Waals surface area contributed by atoms with Gasteiger partial charge in [-0.15, -0.1) is 0 Å². The molecular formula is C30H37ClFN3O. The van der Waals surface area contributed by atoms with E-state index in [2.05, 4.69) is 40.6 Å². The molecule has 3 fully saturated rings. The Balaban J connectivity index is 1.34. The molecule has 6 rings (SSSR count). The van der Waals surface area contributed by atoms with Crippen molar-refractivity contribution in [3.8, 4) is 0 Å². The van der Waals surface area contributed by atoms with Gasteiger partial charge in [-0.3, -0.25) is 4.79 Å². The Hall–Kier alpha value is -1.98. The van der Waals surface area contributed by atoms with E-state index in [1.807, 2.05) is 11.0 Å². The topological polar surface area (TPSA) is 45.2 Å². The van der Waals surface area contributed by atoms with Crippen LogP contribution in [0.2, 0.25) is 5.15 Å². The van der Waals surface area contributed by atoms with Gasteiger partial charge in [-0.25, -0.2) is 9.37 Å². The van der Waals surface area contributed by atoms with Crippen LogP contribution < -0.4 is 5.32 Å². The summed E-state index contributed by atoms with van der Waals surface area (Å²) in [4.78, 5) is 21.0. The molecule has 4 aliphatic rings. The second-order valence-electron chi connectivity index (χ2n) is 11.6. The van der Waals surface area contributed by atoms with Gasteiger partial charge >= 0.3 is 0 Å². The molecule has 1 unspecified atom stereocenters. The van der Waals surface area contributed by atoms with Crippen molar-refractivity contribution in [3.63, 3.8) is 0 Å². The van der Waals surface area contributed by atoms with E-state index >= 15 is 4.39 Å². The van der Waals surface area contributed by atoms with Crippen LogP contribution in [-0.2, 0) is 16.6 Å². The number of hydrogen-bond acceptors (Lipinski definition) is 3. The lowest BCUT2D eigenvalue weighted by molar-refractivity contribution is -0.153. The smallest absolute Gasteiger partial charge is 0.262 e. The van der Waals surface area contributed by atoms with Crippen molar-refractivity contribution in [1.82, 2.24) is 15.2 Å². The quantitative estimate of drug-likeness (QED) is 0.518. The van der Waals surface area contributed by atoms with E-state index in [1.54, 1.807) is 6.07 Å². The first-order chi connectivity index (χ1) is 17.5. The number of aryl methyl sites for hydroxylation is 1. The molecule has 2 aliphatic carbocycles. The number of benzene rings is 1. The van der Waals surface area contributed by atoms with Crippen molar-refractivity contribution in [3.05, 3.63) is 64.4 Å². The van der Waals surface area contributed by atoms with Crippen LogP contribution in [0.5, 0.6) is 0 Å². The Kier molecular flexibility index (Phi) is 6.58. The summed E-state index contributed by atoms with van der Waals surface area (Å²) in [5.41, 5.74) is 0.252. The minimum absolute atomic E-state index is 0.0733. The molecule has 2 aromatic rings. The highest BCUT2D eigenvalue weighted by Crippen LogP contribution is 2.51. The number of aromatic nitrogens is 1. The predicted octanol–water partition coefficient (Wildman–Crippen LogP) is 5.98. The van der Waals surface area contributed by atoms with Gasteiger partial charge in [0.05, 0.1) is 5.41 Å². The van der Waals surface area contributed by atoms with Gasteiger partial charge in [0.1, 0.15) is 5.15 Å². The molecule has 0 bridgehead atoms. The van der Waals surface area contributed by atoms with Gasteiger partial charge in [0, 0.05) is 31.4 Å². The number of hydrogen-bond donors (Lipinski definition) is 1. The van der Waals surface area contributed by atoms with Crippen LogP contribution in [0.25, 0.3) is 0 Å². The number of piperidine rings is 1. The first-order valence-corrected chi connectivity index (χ1v) is 14.3. The number of halogens is 2. The molecule has 2 saturated heterocycles. The molecule has 4 nitrogen and oxygen atoms in total. The van der Waals surface area contributed by atoms with E-state index in [-0.39, 0.29) is 18.5 Å². The fourth-order valence-corrected chi connectivity index (χ4v) is 8.06. The highest BCUT2D eigenvalue weighted by molar-refractivity contribution is 6.29. The maximum Gasteiger partial charge on any atom is 0.262 e. The normalized spacial score (nSPS) is 33.0. The number of amides is 1. The average molecular weight is 510 g/mol. The summed E-state index contributed by atoms with van der Waals surface area (Å²) in [7, 11) is 0. The first-order valence-electron chi connectivity index (χ1n) is 13.9. The highest BCUT2D eigenvalue weighted by Gasteiger charge is 2.64. The summed E-state index contributed by atoms with van der Waals surface area (Å²) in [5, 5.41) is 3.73. The van der Waals surface area contributed by atoms with E-state index in [9.17, 15) is 4.79 Å². The molecule has 3 heterocycles. The summed E-state index contributed by atoms with van der Waals surface area (Å²) in [6.07, 6.45) is 10.1. The second-order valence-corrected chi connectivity index (χ2v) is 12.0. The number of fused-ring (bicyclic) bond motifs is 2. The lowest BCUT2D eigenvalue weighted by Gasteiger charge is -2.49. The molecule has 2 aliphatic heterocycles. The fraction of sp³-hybridized carbons (Fsp3) is 0.600. The molecule has 36 heavy (non-hydrogen) atoms. The lowest BCUT2D eigenvalue weighted by Crippen LogP contribution is -2.63. The van der Waals surface area contributed by atoms with Gasteiger partial charge in [-0.2, -0.15) is 0 Å². The summed E-state index contributed by atoms with van der Waals surface area (Å²) >= 11 is 6.20. The molecule has 4 atom stereocenters. The highest BCUT2D eigenvalue weighted by atomic mass is 35.5. The van der Waals surface area contributed by atoms with Crippen LogP contribution >= 0.6 is 11.6 Å². The summed E-state index contributed by atoms with van der Waals surface area (Å²) in [5.74, 6) is 0.592. The van der Waals surface area contributed by atoms with Gasteiger partial charge in [-0.05, 0) is 74.0 Å². The van der Waals surface area contributed by atoms with Gasteiger partial charge in [0.15, 0.2) is 0 Å². The van der Waals surface area contributed by atoms with Crippen molar-refractivity contribution in [2.24, 2.45) is 5.92 Å². The number of alkyl halides is 1. The molecular weight excluding hydrogens is 473 g/mol. The first kappa shape index (κ1) is 24.4. The fourth-order valence-electron chi connectivity index (χ4n) is 7.90.